The molecule has 2 aliphatic rings. The highest BCUT2D eigenvalue weighted by atomic mass is 16.6. The maximum Gasteiger partial charge on any atom is 0.359 e. The molecule has 1 aromatic heterocycles. The van der Waals surface area contributed by atoms with Gasteiger partial charge in [0.2, 0.25) is 6.10 Å². The highest BCUT2D eigenvalue weighted by Crippen LogP contribution is 2.65. The van der Waals surface area contributed by atoms with Gasteiger partial charge in [0.25, 0.3) is 5.52 Å². The quantitative estimate of drug-likeness (QED) is 0.281. The number of aryl methyl sites for hydroxylation is 1. The molecule has 34 heavy (non-hydrogen) atoms. The van der Waals surface area contributed by atoms with Crippen molar-refractivity contribution in [2.45, 2.75) is 58.3 Å². The monoisotopic (exact) mass is 450 g/mol. The minimum atomic E-state index is -0.550. The van der Waals surface area contributed by atoms with Crippen LogP contribution in [0.2, 0.25) is 0 Å². The van der Waals surface area contributed by atoms with Crippen LogP contribution < -0.4 is 14.0 Å². The molecule has 4 aromatic rings. The van der Waals surface area contributed by atoms with E-state index in [-0.39, 0.29) is 11.5 Å². The Morgan fingerprint density at radius 3 is 2.38 bits per heavy atom. The minimum Gasteiger partial charge on any atom is -0.471 e. The Morgan fingerprint density at radius 2 is 1.65 bits per heavy atom. The molecule has 3 heteroatoms. The van der Waals surface area contributed by atoms with Crippen LogP contribution in [0.15, 0.2) is 85.1 Å². The predicted octanol–water partition coefficient (Wildman–Crippen LogP) is 7.06. The van der Waals surface area contributed by atoms with Crippen LogP contribution in [0.25, 0.3) is 22.0 Å². The molecular formula is C31H32NO2+. The molecule has 0 amide bonds. The van der Waals surface area contributed by atoms with E-state index in [1.165, 1.54) is 34.9 Å². The number of fused-ring (bicyclic) bond motifs is 2. The molecule has 172 valence electrons. The third-order valence-corrected chi connectivity index (χ3v) is 8.05. The van der Waals surface area contributed by atoms with E-state index in [9.17, 15) is 0 Å². The molecule has 1 saturated carbocycles. The minimum absolute atomic E-state index is 0.0246. The van der Waals surface area contributed by atoms with Crippen LogP contribution in [0.4, 0.5) is 0 Å². The second kappa shape index (κ2) is 7.87. The van der Waals surface area contributed by atoms with E-state index < -0.39 is 5.72 Å². The fraction of sp³-hybridized carbons (Fsp3) is 0.323. The lowest BCUT2D eigenvalue weighted by Crippen LogP contribution is -2.57. The fourth-order valence-electron chi connectivity index (χ4n) is 5.82. The molecule has 0 saturated heterocycles. The first-order valence-electron chi connectivity index (χ1n) is 12.6. The van der Waals surface area contributed by atoms with Gasteiger partial charge in [-0.15, -0.1) is 4.57 Å². The Labute approximate surface area is 202 Å². The van der Waals surface area contributed by atoms with Crippen LogP contribution in [-0.2, 0) is 12.1 Å². The van der Waals surface area contributed by atoms with Gasteiger partial charge < -0.3 is 9.47 Å². The Morgan fingerprint density at radius 1 is 0.882 bits per heavy atom. The van der Waals surface area contributed by atoms with Gasteiger partial charge in [-0.05, 0) is 67.1 Å². The van der Waals surface area contributed by atoms with Crippen molar-refractivity contribution in [2.75, 3.05) is 0 Å². The summed E-state index contributed by atoms with van der Waals surface area (Å²) in [6.07, 6.45) is 6.59. The topological polar surface area (TPSA) is 22.3 Å². The maximum atomic E-state index is 6.92. The summed E-state index contributed by atoms with van der Waals surface area (Å²) in [6, 6.07) is 27.8. The number of pyridine rings is 1. The summed E-state index contributed by atoms with van der Waals surface area (Å²) in [5.74, 6) is 1.84. The molecule has 0 radical (unpaired) electrons. The molecule has 0 N–H and O–H groups in total. The summed E-state index contributed by atoms with van der Waals surface area (Å²) in [6.45, 7) is 6.78. The van der Waals surface area contributed by atoms with Gasteiger partial charge >= 0.3 is 5.72 Å². The summed E-state index contributed by atoms with van der Waals surface area (Å²) >= 11 is 0. The fourth-order valence-corrected chi connectivity index (χ4v) is 5.82. The number of rotatable bonds is 7. The number of benzene rings is 3. The van der Waals surface area contributed by atoms with Crippen LogP contribution in [0.1, 0.15) is 45.6 Å². The first kappa shape index (κ1) is 21.2. The van der Waals surface area contributed by atoms with E-state index in [0.29, 0.717) is 0 Å². The van der Waals surface area contributed by atoms with Crippen molar-refractivity contribution in [1.82, 2.24) is 0 Å². The average Bonchev–Trinajstić information content (AvgIpc) is 3.42. The second-order valence-electron chi connectivity index (χ2n) is 9.92. The molecule has 1 aliphatic carbocycles. The van der Waals surface area contributed by atoms with Gasteiger partial charge in [0.15, 0.2) is 11.9 Å². The summed E-state index contributed by atoms with van der Waals surface area (Å²) < 4.78 is 16.0. The van der Waals surface area contributed by atoms with Crippen molar-refractivity contribution in [2.24, 2.45) is 5.41 Å². The van der Waals surface area contributed by atoms with Crippen molar-refractivity contribution in [3.05, 3.63) is 90.6 Å². The molecule has 0 bridgehead atoms. The molecule has 0 spiro atoms. The van der Waals surface area contributed by atoms with Crippen molar-refractivity contribution in [3.63, 3.8) is 0 Å². The third-order valence-electron chi connectivity index (χ3n) is 8.05. The SMILES string of the molecule is CCCCc1ccc2c3c1ccc[n+]3C1(Oc3ccc(-c4ccccc4)cc3)C(O2)C1(C)CC. The van der Waals surface area contributed by atoms with Gasteiger partial charge in [-0.25, -0.2) is 0 Å². The molecule has 6 rings (SSSR count). The largest absolute Gasteiger partial charge is 0.471 e. The standard InChI is InChI=1S/C31H32NO2/c1-4-6-11-24-17-20-27-28-26(24)14-10-21-32(28)31(29(33-27)30(31,3)5-2)34-25-18-15-23(16-19-25)22-12-8-7-9-13-22/h7-10,12-21,29H,4-6,11H2,1-3H3/q+1. The molecular weight excluding hydrogens is 418 g/mol. The molecule has 2 heterocycles. The lowest BCUT2D eigenvalue weighted by molar-refractivity contribution is -0.763. The van der Waals surface area contributed by atoms with Gasteiger partial charge in [-0.2, -0.15) is 0 Å². The normalized spacial score (nSPS) is 24.4. The van der Waals surface area contributed by atoms with E-state index in [1.54, 1.807) is 0 Å². The number of nitrogens with zero attached hydrogens (tertiary/aromatic N) is 1. The average molecular weight is 451 g/mol. The summed E-state index contributed by atoms with van der Waals surface area (Å²) in [7, 11) is 0. The van der Waals surface area contributed by atoms with Crippen LogP contribution in [0.5, 0.6) is 11.5 Å². The molecule has 1 fully saturated rings. The van der Waals surface area contributed by atoms with Gasteiger partial charge in [0.05, 0.1) is 5.39 Å². The summed E-state index contributed by atoms with van der Waals surface area (Å²) in [4.78, 5) is 0. The summed E-state index contributed by atoms with van der Waals surface area (Å²) in [5.41, 5.74) is 4.28. The lowest BCUT2D eigenvalue weighted by Gasteiger charge is -2.23. The van der Waals surface area contributed by atoms with E-state index >= 15 is 0 Å². The van der Waals surface area contributed by atoms with Crippen LogP contribution in [0, 0.1) is 5.41 Å². The second-order valence-corrected chi connectivity index (χ2v) is 9.92. The molecule has 1 aliphatic heterocycles. The number of aromatic nitrogens is 1. The van der Waals surface area contributed by atoms with Crippen LogP contribution in [0.3, 0.4) is 0 Å². The highest BCUT2D eigenvalue weighted by molar-refractivity contribution is 5.85. The number of unbranched alkanes of at least 4 members (excludes halogenated alkanes) is 1. The first-order valence-corrected chi connectivity index (χ1v) is 12.6. The Bertz CT molecular complexity index is 1350. The molecule has 3 atom stereocenters. The summed E-state index contributed by atoms with van der Waals surface area (Å²) in [5, 5.41) is 1.28. The van der Waals surface area contributed by atoms with Crippen molar-refractivity contribution >= 4 is 10.9 Å². The third kappa shape index (κ3) is 2.92. The smallest absolute Gasteiger partial charge is 0.359 e. The zero-order valence-electron chi connectivity index (χ0n) is 20.3. The Hall–Kier alpha value is -3.33. The van der Waals surface area contributed by atoms with Gasteiger partial charge in [0, 0.05) is 6.07 Å². The molecule has 3 aromatic carbocycles. The van der Waals surface area contributed by atoms with Crippen LogP contribution in [-0.4, -0.2) is 6.10 Å². The number of ether oxygens (including phenoxy) is 2. The molecule has 3 nitrogen and oxygen atoms in total. The zero-order chi connectivity index (χ0) is 23.3. The van der Waals surface area contributed by atoms with Gasteiger partial charge in [0.1, 0.15) is 11.2 Å². The van der Waals surface area contributed by atoms with Crippen molar-refractivity contribution in [3.8, 4) is 22.6 Å². The first-order chi connectivity index (χ1) is 16.6. The van der Waals surface area contributed by atoms with E-state index in [2.05, 4.69) is 104 Å². The van der Waals surface area contributed by atoms with Crippen molar-refractivity contribution in [1.29, 1.82) is 0 Å². The van der Waals surface area contributed by atoms with E-state index in [0.717, 1.165) is 29.9 Å². The maximum absolute atomic E-state index is 6.92. The van der Waals surface area contributed by atoms with Crippen molar-refractivity contribution < 1.29 is 14.0 Å². The van der Waals surface area contributed by atoms with Crippen LogP contribution >= 0.6 is 0 Å². The van der Waals surface area contributed by atoms with E-state index in [4.69, 9.17) is 9.47 Å². The number of hydrogen-bond acceptors (Lipinski definition) is 2. The predicted molar refractivity (Wildman–Crippen MR) is 136 cm³/mol. The Kier molecular flexibility index (Phi) is 4.91. The van der Waals surface area contributed by atoms with Gasteiger partial charge in [-0.1, -0.05) is 68.8 Å². The van der Waals surface area contributed by atoms with Gasteiger partial charge in [-0.3, -0.25) is 0 Å². The zero-order valence-corrected chi connectivity index (χ0v) is 20.3. The Balaban J connectivity index is 1.43. The van der Waals surface area contributed by atoms with E-state index in [1.807, 2.05) is 6.07 Å². The number of hydrogen-bond donors (Lipinski definition) is 0. The lowest BCUT2D eigenvalue weighted by atomic mass is 10.0. The molecule has 3 unspecified atom stereocenters. The highest BCUT2D eigenvalue weighted by Gasteiger charge is 2.88.